The van der Waals surface area contributed by atoms with E-state index >= 15 is 0 Å². The second kappa shape index (κ2) is 8.51. The second-order valence-electron chi connectivity index (χ2n) is 5.24. The van der Waals surface area contributed by atoms with E-state index in [4.69, 9.17) is 0 Å². The van der Waals surface area contributed by atoms with E-state index in [-0.39, 0.29) is 11.8 Å². The third kappa shape index (κ3) is 6.06. The summed E-state index contributed by atoms with van der Waals surface area (Å²) in [5.41, 5.74) is 0. The summed E-state index contributed by atoms with van der Waals surface area (Å²) >= 11 is 0. The lowest BCUT2D eigenvalue weighted by molar-refractivity contribution is -0.124. The van der Waals surface area contributed by atoms with Crippen LogP contribution in [-0.4, -0.2) is 37.0 Å². The number of nitrogens with one attached hydrogen (secondary N) is 1. The molecule has 3 nitrogen and oxygen atoms in total. The largest absolute Gasteiger partial charge is 0.355 e. The van der Waals surface area contributed by atoms with Gasteiger partial charge in [0.1, 0.15) is 0 Å². The molecule has 0 saturated carbocycles. The van der Waals surface area contributed by atoms with E-state index in [1.165, 1.54) is 38.8 Å². The maximum absolute atomic E-state index is 11.7. The smallest absolute Gasteiger partial charge is 0.222 e. The van der Waals surface area contributed by atoms with Crippen molar-refractivity contribution in [3.8, 4) is 0 Å². The number of nitrogens with zero attached hydrogens (tertiary/aromatic N) is 1. The zero-order valence-electron chi connectivity index (χ0n) is 11.5. The topological polar surface area (TPSA) is 32.3 Å². The van der Waals surface area contributed by atoms with Gasteiger partial charge in [0.15, 0.2) is 0 Å². The van der Waals surface area contributed by atoms with Crippen LogP contribution in [0.15, 0.2) is 0 Å². The van der Waals surface area contributed by atoms with E-state index in [1.807, 2.05) is 6.92 Å². The third-order valence-corrected chi connectivity index (χ3v) is 3.60. The zero-order valence-corrected chi connectivity index (χ0v) is 11.5. The lowest BCUT2D eigenvalue weighted by Crippen LogP contribution is -2.37. The Morgan fingerprint density at radius 1 is 1.24 bits per heavy atom. The Morgan fingerprint density at radius 3 is 2.47 bits per heavy atom. The Hall–Kier alpha value is -0.570. The molecule has 0 aliphatic carbocycles. The van der Waals surface area contributed by atoms with Gasteiger partial charge in [-0.2, -0.15) is 0 Å². The number of carbonyl (C=O) groups is 1. The molecule has 1 fully saturated rings. The summed E-state index contributed by atoms with van der Waals surface area (Å²) in [6, 6.07) is 0. The molecule has 1 unspecified atom stereocenters. The lowest BCUT2D eigenvalue weighted by Gasteiger charge is -2.20. The minimum absolute atomic E-state index is 0.170. The van der Waals surface area contributed by atoms with Crippen LogP contribution in [0.1, 0.15) is 52.4 Å². The van der Waals surface area contributed by atoms with Crippen LogP contribution in [0, 0.1) is 5.92 Å². The van der Waals surface area contributed by atoms with Crippen LogP contribution in [0.3, 0.4) is 0 Å². The molecule has 0 bridgehead atoms. The van der Waals surface area contributed by atoms with Crippen molar-refractivity contribution in [3.05, 3.63) is 0 Å². The van der Waals surface area contributed by atoms with E-state index in [1.54, 1.807) is 0 Å². The first-order valence-corrected chi connectivity index (χ1v) is 7.24. The summed E-state index contributed by atoms with van der Waals surface area (Å²) in [6.07, 6.45) is 7.46. The molecular formula is C14H28N2O. The second-order valence-corrected chi connectivity index (χ2v) is 5.24. The SMILES string of the molecule is CCCC(C)C(=O)NCCN1CCCCCC1. The van der Waals surface area contributed by atoms with Gasteiger partial charge in [-0.3, -0.25) is 4.79 Å². The maximum Gasteiger partial charge on any atom is 0.222 e. The summed E-state index contributed by atoms with van der Waals surface area (Å²) in [5, 5.41) is 3.05. The van der Waals surface area contributed by atoms with Gasteiger partial charge in [-0.05, 0) is 32.4 Å². The molecular weight excluding hydrogens is 212 g/mol. The van der Waals surface area contributed by atoms with Crippen LogP contribution in [0.25, 0.3) is 0 Å². The Balaban J connectivity index is 2.11. The van der Waals surface area contributed by atoms with Crippen LogP contribution in [0.4, 0.5) is 0 Å². The van der Waals surface area contributed by atoms with Crippen LogP contribution in [0.2, 0.25) is 0 Å². The normalized spacial score (nSPS) is 19.6. The molecule has 3 heteroatoms. The maximum atomic E-state index is 11.7. The Kier molecular flexibility index (Phi) is 7.25. The summed E-state index contributed by atoms with van der Waals surface area (Å²) in [5.74, 6) is 0.394. The Morgan fingerprint density at radius 2 is 1.88 bits per heavy atom. The predicted octanol–water partition coefficient (Wildman–Crippen LogP) is 2.41. The zero-order chi connectivity index (χ0) is 12.5. The predicted molar refractivity (Wildman–Crippen MR) is 72.0 cm³/mol. The summed E-state index contributed by atoms with van der Waals surface area (Å²) in [7, 11) is 0. The fraction of sp³-hybridized carbons (Fsp3) is 0.929. The Labute approximate surface area is 106 Å². The van der Waals surface area contributed by atoms with Crippen molar-refractivity contribution >= 4 is 5.91 Å². The Bertz CT molecular complexity index is 210. The van der Waals surface area contributed by atoms with Crippen molar-refractivity contribution in [1.29, 1.82) is 0 Å². The van der Waals surface area contributed by atoms with Gasteiger partial charge in [-0.25, -0.2) is 0 Å². The molecule has 1 aliphatic rings. The van der Waals surface area contributed by atoms with Crippen molar-refractivity contribution < 1.29 is 4.79 Å². The van der Waals surface area contributed by atoms with Crippen LogP contribution in [-0.2, 0) is 4.79 Å². The van der Waals surface area contributed by atoms with Gasteiger partial charge < -0.3 is 10.2 Å². The average Bonchev–Trinajstić information content (AvgIpc) is 2.58. The van der Waals surface area contributed by atoms with E-state index < -0.39 is 0 Å². The molecule has 0 radical (unpaired) electrons. The number of amides is 1. The molecule has 1 saturated heterocycles. The number of carbonyl (C=O) groups excluding carboxylic acids is 1. The average molecular weight is 240 g/mol. The van der Waals surface area contributed by atoms with E-state index in [0.29, 0.717) is 0 Å². The van der Waals surface area contributed by atoms with Crippen molar-refractivity contribution in [2.75, 3.05) is 26.2 Å². The molecule has 0 aromatic carbocycles. The highest BCUT2D eigenvalue weighted by Crippen LogP contribution is 2.09. The molecule has 0 spiro atoms. The van der Waals surface area contributed by atoms with Crippen molar-refractivity contribution in [3.63, 3.8) is 0 Å². The number of hydrogen-bond donors (Lipinski definition) is 1. The molecule has 0 aromatic rings. The molecule has 1 N–H and O–H groups in total. The van der Waals surface area contributed by atoms with Crippen LogP contribution < -0.4 is 5.32 Å². The van der Waals surface area contributed by atoms with Crippen molar-refractivity contribution in [2.45, 2.75) is 52.4 Å². The van der Waals surface area contributed by atoms with E-state index in [0.717, 1.165) is 25.9 Å². The quantitative estimate of drug-likeness (QED) is 0.773. The highest BCUT2D eigenvalue weighted by molar-refractivity contribution is 5.78. The fourth-order valence-electron chi connectivity index (χ4n) is 2.44. The fourth-order valence-corrected chi connectivity index (χ4v) is 2.44. The van der Waals surface area contributed by atoms with Gasteiger partial charge in [-0.1, -0.05) is 33.1 Å². The highest BCUT2D eigenvalue weighted by Gasteiger charge is 2.12. The number of likely N-dealkylation sites (tertiary alicyclic amines) is 1. The minimum atomic E-state index is 0.170. The van der Waals surface area contributed by atoms with Gasteiger partial charge in [0.2, 0.25) is 5.91 Å². The molecule has 1 amide bonds. The number of hydrogen-bond acceptors (Lipinski definition) is 2. The standard InChI is InChI=1S/C14H28N2O/c1-3-8-13(2)14(17)15-9-12-16-10-6-4-5-7-11-16/h13H,3-12H2,1-2H3,(H,15,17). The first-order chi connectivity index (χ1) is 8.24. The monoisotopic (exact) mass is 240 g/mol. The summed E-state index contributed by atoms with van der Waals surface area (Å²) < 4.78 is 0. The van der Waals surface area contributed by atoms with E-state index in [9.17, 15) is 4.79 Å². The minimum Gasteiger partial charge on any atom is -0.355 e. The van der Waals surface area contributed by atoms with E-state index in [2.05, 4.69) is 17.1 Å². The summed E-state index contributed by atoms with van der Waals surface area (Å²) in [6.45, 7) is 8.39. The van der Waals surface area contributed by atoms with Gasteiger partial charge in [0.25, 0.3) is 0 Å². The van der Waals surface area contributed by atoms with Crippen molar-refractivity contribution in [1.82, 2.24) is 10.2 Å². The molecule has 17 heavy (non-hydrogen) atoms. The first-order valence-electron chi connectivity index (χ1n) is 7.24. The molecule has 1 heterocycles. The first kappa shape index (κ1) is 14.5. The van der Waals surface area contributed by atoms with Gasteiger partial charge in [0.05, 0.1) is 0 Å². The van der Waals surface area contributed by atoms with Gasteiger partial charge >= 0.3 is 0 Å². The molecule has 0 aromatic heterocycles. The highest BCUT2D eigenvalue weighted by atomic mass is 16.1. The lowest BCUT2D eigenvalue weighted by atomic mass is 10.1. The number of rotatable bonds is 6. The van der Waals surface area contributed by atoms with Gasteiger partial charge in [0, 0.05) is 19.0 Å². The van der Waals surface area contributed by atoms with Crippen LogP contribution in [0.5, 0.6) is 0 Å². The van der Waals surface area contributed by atoms with Crippen molar-refractivity contribution in [2.24, 2.45) is 5.92 Å². The van der Waals surface area contributed by atoms with Gasteiger partial charge in [-0.15, -0.1) is 0 Å². The molecule has 100 valence electrons. The molecule has 1 rings (SSSR count). The molecule has 1 aliphatic heterocycles. The summed E-state index contributed by atoms with van der Waals surface area (Å²) in [4.78, 5) is 14.2. The third-order valence-electron chi connectivity index (χ3n) is 3.60. The van der Waals surface area contributed by atoms with Crippen LogP contribution >= 0.6 is 0 Å². The molecule has 1 atom stereocenters.